The van der Waals surface area contributed by atoms with Crippen LogP contribution in [0.3, 0.4) is 0 Å². The summed E-state index contributed by atoms with van der Waals surface area (Å²) in [6.07, 6.45) is 12.7. The van der Waals surface area contributed by atoms with Crippen molar-refractivity contribution in [2.75, 3.05) is 14.2 Å². The van der Waals surface area contributed by atoms with Crippen LogP contribution in [0.1, 0.15) is 25.7 Å². The number of quaternary nitrogens is 1. The van der Waals surface area contributed by atoms with Gasteiger partial charge in [-0.1, -0.05) is 24.3 Å². The third-order valence-electron chi connectivity index (χ3n) is 3.69. The van der Waals surface area contributed by atoms with E-state index < -0.39 is 0 Å². The molecule has 5 heteroatoms. The van der Waals surface area contributed by atoms with Gasteiger partial charge >= 0.3 is 0 Å². The standard InChI is InChI=1S/C14H24N2O3/c1-16(17)19-14-9-5-12(6-10-14)15-11-3-7-13(18-2)8-4-11/h3,5,7,9,11-16H,4,6,8,10H2,1-2H3. The molecule has 0 aromatic carbocycles. The third-order valence-corrected chi connectivity index (χ3v) is 3.69. The number of ether oxygens (including phenoxy) is 1. The molecule has 0 aromatic rings. The Kier molecular flexibility index (Phi) is 5.54. The topological polar surface area (TPSA) is 58.0 Å². The van der Waals surface area contributed by atoms with E-state index in [9.17, 15) is 5.21 Å². The van der Waals surface area contributed by atoms with Gasteiger partial charge < -0.3 is 15.3 Å². The van der Waals surface area contributed by atoms with Crippen molar-refractivity contribution in [2.45, 2.75) is 50.0 Å². The molecule has 2 aliphatic rings. The zero-order valence-electron chi connectivity index (χ0n) is 11.7. The van der Waals surface area contributed by atoms with Crippen LogP contribution < -0.4 is 10.5 Å². The van der Waals surface area contributed by atoms with E-state index in [0.29, 0.717) is 12.1 Å². The first-order valence-electron chi connectivity index (χ1n) is 7.00. The number of hydroxylamine groups is 2. The van der Waals surface area contributed by atoms with Gasteiger partial charge in [0.15, 0.2) is 0 Å². The molecule has 0 saturated heterocycles. The molecule has 0 bridgehead atoms. The number of rotatable bonds is 5. The Balaban J connectivity index is 1.76. The molecule has 2 rings (SSSR count). The van der Waals surface area contributed by atoms with Crippen molar-refractivity contribution in [1.82, 2.24) is 5.32 Å². The van der Waals surface area contributed by atoms with Crippen LogP contribution in [0.5, 0.6) is 0 Å². The molecule has 0 saturated carbocycles. The monoisotopic (exact) mass is 268 g/mol. The van der Waals surface area contributed by atoms with Crippen molar-refractivity contribution in [1.29, 1.82) is 0 Å². The second kappa shape index (κ2) is 7.17. The van der Waals surface area contributed by atoms with Crippen LogP contribution in [0.15, 0.2) is 24.3 Å². The van der Waals surface area contributed by atoms with Gasteiger partial charge in [-0.2, -0.15) is 4.84 Å². The van der Waals surface area contributed by atoms with E-state index in [2.05, 4.69) is 23.5 Å². The minimum absolute atomic E-state index is 0.0460. The van der Waals surface area contributed by atoms with Crippen molar-refractivity contribution < 1.29 is 14.8 Å². The molecule has 0 aromatic heterocycles. The van der Waals surface area contributed by atoms with Crippen LogP contribution in [0.25, 0.3) is 0 Å². The Bertz CT molecular complexity index is 331. The van der Waals surface area contributed by atoms with Crippen LogP contribution in [0, 0.1) is 5.21 Å². The second-order valence-electron chi connectivity index (χ2n) is 5.23. The van der Waals surface area contributed by atoms with Crippen LogP contribution in [0.4, 0.5) is 0 Å². The first-order chi connectivity index (χ1) is 9.17. The Morgan fingerprint density at radius 1 is 1.00 bits per heavy atom. The smallest absolute Gasteiger partial charge is 0.135 e. The maximum absolute atomic E-state index is 10.9. The lowest BCUT2D eigenvalue weighted by atomic mass is 9.96. The number of hydrogen-bond donors (Lipinski definition) is 2. The maximum atomic E-state index is 10.9. The Morgan fingerprint density at radius 3 is 2.00 bits per heavy atom. The molecule has 0 amide bonds. The maximum Gasteiger partial charge on any atom is 0.135 e. The lowest BCUT2D eigenvalue weighted by Gasteiger charge is -2.29. The molecular weight excluding hydrogens is 244 g/mol. The van der Waals surface area contributed by atoms with Crippen LogP contribution >= 0.6 is 0 Å². The summed E-state index contributed by atoms with van der Waals surface area (Å²) in [7, 11) is 3.21. The third kappa shape index (κ3) is 4.71. The molecule has 5 nitrogen and oxygen atoms in total. The molecule has 2 aliphatic carbocycles. The van der Waals surface area contributed by atoms with Crippen LogP contribution in [0.2, 0.25) is 0 Å². The van der Waals surface area contributed by atoms with Crippen molar-refractivity contribution in [3.8, 4) is 0 Å². The van der Waals surface area contributed by atoms with Gasteiger partial charge in [0.05, 0.1) is 13.2 Å². The highest BCUT2D eigenvalue weighted by Crippen LogP contribution is 2.18. The minimum atomic E-state index is -0.207. The Labute approximate surface area is 114 Å². The predicted molar refractivity (Wildman–Crippen MR) is 73.4 cm³/mol. The summed E-state index contributed by atoms with van der Waals surface area (Å²) in [5, 5.41) is 14.3. The summed E-state index contributed by atoms with van der Waals surface area (Å²) in [6.45, 7) is 0. The highest BCUT2D eigenvalue weighted by atomic mass is 16.9. The fourth-order valence-electron chi connectivity index (χ4n) is 2.65. The fraction of sp³-hybridized carbons (Fsp3) is 0.714. The average molecular weight is 268 g/mol. The van der Waals surface area contributed by atoms with Gasteiger partial charge in [0, 0.05) is 19.2 Å². The van der Waals surface area contributed by atoms with Crippen LogP contribution in [-0.2, 0) is 9.57 Å². The van der Waals surface area contributed by atoms with Gasteiger partial charge in [-0.05, 0) is 25.7 Å². The average Bonchev–Trinajstić information content (AvgIpc) is 2.41. The van der Waals surface area contributed by atoms with E-state index in [1.807, 2.05) is 6.08 Å². The van der Waals surface area contributed by atoms with E-state index in [-0.39, 0.29) is 17.4 Å². The van der Waals surface area contributed by atoms with Crippen molar-refractivity contribution in [3.63, 3.8) is 0 Å². The van der Waals surface area contributed by atoms with E-state index in [1.165, 1.54) is 7.05 Å². The molecule has 19 heavy (non-hydrogen) atoms. The van der Waals surface area contributed by atoms with Crippen molar-refractivity contribution in [3.05, 3.63) is 29.5 Å². The zero-order chi connectivity index (χ0) is 13.7. The molecular formula is C14H24N2O3. The number of nitrogens with one attached hydrogen (secondary N) is 2. The Hall–Kier alpha value is -0.720. The Morgan fingerprint density at radius 2 is 1.58 bits per heavy atom. The molecule has 2 N–H and O–H groups in total. The summed E-state index contributed by atoms with van der Waals surface area (Å²) in [6, 6.07) is 0.798. The molecule has 0 spiro atoms. The number of hydrogen-bond acceptors (Lipinski definition) is 4. The molecule has 0 heterocycles. The molecule has 5 unspecified atom stereocenters. The highest BCUT2D eigenvalue weighted by molar-refractivity contribution is 5.08. The predicted octanol–water partition coefficient (Wildman–Crippen LogP) is 0.341. The van der Waals surface area contributed by atoms with E-state index in [1.54, 1.807) is 7.11 Å². The summed E-state index contributed by atoms with van der Waals surface area (Å²) in [4.78, 5) is 5.17. The summed E-state index contributed by atoms with van der Waals surface area (Å²) in [5.74, 6) is 0. The zero-order valence-corrected chi connectivity index (χ0v) is 11.7. The normalized spacial score (nSPS) is 36.4. The van der Waals surface area contributed by atoms with Crippen LogP contribution in [-0.4, -0.2) is 38.4 Å². The SMILES string of the molecule is COC1C=CC(NC2C=CC(O[NH+](C)[O-])CC2)CC1. The summed E-state index contributed by atoms with van der Waals surface area (Å²) < 4.78 is 5.30. The largest absolute Gasteiger partial charge is 0.600 e. The van der Waals surface area contributed by atoms with Gasteiger partial charge in [-0.25, -0.2) is 5.23 Å². The lowest BCUT2D eigenvalue weighted by Crippen LogP contribution is -3.03. The molecule has 108 valence electrons. The summed E-state index contributed by atoms with van der Waals surface area (Å²) >= 11 is 0. The molecule has 0 fully saturated rings. The van der Waals surface area contributed by atoms with Gasteiger partial charge in [0.25, 0.3) is 0 Å². The van der Waals surface area contributed by atoms with Gasteiger partial charge in [0.2, 0.25) is 0 Å². The van der Waals surface area contributed by atoms with Crippen molar-refractivity contribution in [2.24, 2.45) is 0 Å². The minimum Gasteiger partial charge on any atom is -0.600 e. The molecule has 0 radical (unpaired) electrons. The first kappa shape index (κ1) is 14.7. The second-order valence-corrected chi connectivity index (χ2v) is 5.23. The van der Waals surface area contributed by atoms with E-state index in [0.717, 1.165) is 25.7 Å². The highest BCUT2D eigenvalue weighted by Gasteiger charge is 2.21. The van der Waals surface area contributed by atoms with E-state index in [4.69, 9.17) is 9.57 Å². The van der Waals surface area contributed by atoms with Gasteiger partial charge in [-0.3, -0.25) is 0 Å². The fourth-order valence-corrected chi connectivity index (χ4v) is 2.65. The number of methoxy groups -OCH3 is 1. The quantitative estimate of drug-likeness (QED) is 0.558. The van der Waals surface area contributed by atoms with E-state index >= 15 is 0 Å². The van der Waals surface area contributed by atoms with Gasteiger partial charge in [-0.15, -0.1) is 0 Å². The molecule has 5 atom stereocenters. The lowest BCUT2D eigenvalue weighted by molar-refractivity contribution is -1.04. The summed E-state index contributed by atoms with van der Waals surface area (Å²) in [5.41, 5.74) is 0. The van der Waals surface area contributed by atoms with Gasteiger partial charge in [0.1, 0.15) is 6.10 Å². The molecule has 0 aliphatic heterocycles. The van der Waals surface area contributed by atoms with Crippen molar-refractivity contribution >= 4 is 0 Å². The first-order valence-corrected chi connectivity index (χ1v) is 7.00.